The Labute approximate surface area is 100 Å². The van der Waals surface area contributed by atoms with E-state index >= 15 is 0 Å². The Hall–Kier alpha value is -0.120. The summed E-state index contributed by atoms with van der Waals surface area (Å²) in [7, 11) is 2.23. The molecule has 1 aliphatic rings. The van der Waals surface area contributed by atoms with Crippen LogP contribution in [0.5, 0.6) is 0 Å². The molecule has 0 aliphatic carbocycles. The van der Waals surface area contributed by atoms with Crippen LogP contribution in [0.4, 0.5) is 0 Å². The van der Waals surface area contributed by atoms with Crippen LogP contribution < -0.4 is 5.73 Å². The summed E-state index contributed by atoms with van der Waals surface area (Å²) in [5, 5.41) is 0. The van der Waals surface area contributed by atoms with E-state index in [1.54, 1.807) is 0 Å². The molecule has 0 aromatic heterocycles. The van der Waals surface area contributed by atoms with Gasteiger partial charge in [0.2, 0.25) is 0 Å². The predicted molar refractivity (Wildman–Crippen MR) is 68.5 cm³/mol. The lowest BCUT2D eigenvalue weighted by Crippen LogP contribution is -2.31. The van der Waals surface area contributed by atoms with E-state index in [1.807, 2.05) is 0 Å². The highest BCUT2D eigenvalue weighted by atomic mass is 16.5. The Balaban J connectivity index is 2.11. The highest BCUT2D eigenvalue weighted by Gasteiger charge is 2.16. The Morgan fingerprint density at radius 1 is 1.38 bits per heavy atom. The van der Waals surface area contributed by atoms with Gasteiger partial charge in [0.15, 0.2) is 0 Å². The van der Waals surface area contributed by atoms with E-state index in [-0.39, 0.29) is 0 Å². The van der Waals surface area contributed by atoms with Crippen molar-refractivity contribution >= 4 is 0 Å². The van der Waals surface area contributed by atoms with Crippen LogP contribution in [0.2, 0.25) is 0 Å². The molecule has 1 saturated heterocycles. The standard InChI is InChI=1S/C13H28N2O/c1-3-12(10-14)4-7-15(2)11-13-5-8-16-9-6-13/h12-13H,3-11,14H2,1-2H3. The number of hydrogen-bond donors (Lipinski definition) is 1. The molecule has 1 rings (SSSR count). The van der Waals surface area contributed by atoms with Crippen molar-refractivity contribution in [3.05, 3.63) is 0 Å². The van der Waals surface area contributed by atoms with Gasteiger partial charge in [-0.15, -0.1) is 0 Å². The minimum absolute atomic E-state index is 0.706. The lowest BCUT2D eigenvalue weighted by Gasteiger charge is -2.27. The average molecular weight is 228 g/mol. The molecule has 1 aliphatic heterocycles. The van der Waals surface area contributed by atoms with E-state index in [0.29, 0.717) is 5.92 Å². The molecule has 0 spiro atoms. The first-order valence-electron chi connectivity index (χ1n) is 6.72. The van der Waals surface area contributed by atoms with E-state index in [2.05, 4.69) is 18.9 Å². The fourth-order valence-electron chi connectivity index (χ4n) is 2.35. The van der Waals surface area contributed by atoms with Crippen molar-refractivity contribution < 1.29 is 4.74 Å². The summed E-state index contributed by atoms with van der Waals surface area (Å²) < 4.78 is 5.38. The summed E-state index contributed by atoms with van der Waals surface area (Å²) in [6.45, 7) is 7.40. The molecule has 3 nitrogen and oxygen atoms in total. The molecule has 0 saturated carbocycles. The zero-order valence-corrected chi connectivity index (χ0v) is 11.0. The Bertz CT molecular complexity index is 165. The lowest BCUT2D eigenvalue weighted by molar-refractivity contribution is 0.0552. The zero-order valence-electron chi connectivity index (χ0n) is 11.0. The topological polar surface area (TPSA) is 38.5 Å². The molecule has 0 bridgehead atoms. The van der Waals surface area contributed by atoms with Gasteiger partial charge in [0.1, 0.15) is 0 Å². The van der Waals surface area contributed by atoms with Gasteiger partial charge in [-0.05, 0) is 51.2 Å². The number of rotatable bonds is 7. The minimum Gasteiger partial charge on any atom is -0.381 e. The third-order valence-corrected chi connectivity index (χ3v) is 3.74. The van der Waals surface area contributed by atoms with Crippen LogP contribution in [0.1, 0.15) is 32.6 Å². The molecule has 1 heterocycles. The summed E-state index contributed by atoms with van der Waals surface area (Å²) in [5.41, 5.74) is 5.72. The van der Waals surface area contributed by atoms with Gasteiger partial charge in [-0.2, -0.15) is 0 Å². The van der Waals surface area contributed by atoms with Gasteiger partial charge >= 0.3 is 0 Å². The van der Waals surface area contributed by atoms with Gasteiger partial charge in [0, 0.05) is 19.8 Å². The van der Waals surface area contributed by atoms with Crippen LogP contribution in [-0.2, 0) is 4.74 Å². The molecule has 3 heteroatoms. The van der Waals surface area contributed by atoms with E-state index < -0.39 is 0 Å². The Morgan fingerprint density at radius 3 is 2.62 bits per heavy atom. The van der Waals surface area contributed by atoms with E-state index in [1.165, 1.54) is 38.8 Å². The molecule has 0 amide bonds. The molecule has 96 valence electrons. The van der Waals surface area contributed by atoms with Crippen LogP contribution in [0, 0.1) is 11.8 Å². The van der Waals surface area contributed by atoms with Crippen LogP contribution >= 0.6 is 0 Å². The summed E-state index contributed by atoms with van der Waals surface area (Å²) in [5.74, 6) is 1.55. The largest absolute Gasteiger partial charge is 0.381 e. The molecule has 2 N–H and O–H groups in total. The Kier molecular flexibility index (Phi) is 7.01. The van der Waals surface area contributed by atoms with Crippen molar-refractivity contribution in [3.8, 4) is 0 Å². The number of nitrogens with zero attached hydrogens (tertiary/aromatic N) is 1. The van der Waals surface area contributed by atoms with Crippen molar-refractivity contribution in [1.82, 2.24) is 4.90 Å². The maximum atomic E-state index is 5.72. The van der Waals surface area contributed by atoms with Gasteiger partial charge in [-0.1, -0.05) is 13.3 Å². The highest BCUT2D eigenvalue weighted by molar-refractivity contribution is 4.68. The van der Waals surface area contributed by atoms with Crippen molar-refractivity contribution in [3.63, 3.8) is 0 Å². The van der Waals surface area contributed by atoms with E-state index in [9.17, 15) is 0 Å². The number of ether oxygens (including phenoxy) is 1. The molecule has 0 radical (unpaired) electrons. The fraction of sp³-hybridized carbons (Fsp3) is 1.00. The maximum absolute atomic E-state index is 5.72. The first kappa shape index (κ1) is 13.9. The maximum Gasteiger partial charge on any atom is 0.0469 e. The van der Waals surface area contributed by atoms with Crippen molar-refractivity contribution in [2.45, 2.75) is 32.6 Å². The molecule has 0 aromatic carbocycles. The first-order chi connectivity index (χ1) is 7.76. The molecule has 0 aromatic rings. The van der Waals surface area contributed by atoms with Crippen LogP contribution in [0.3, 0.4) is 0 Å². The Morgan fingerprint density at radius 2 is 2.06 bits per heavy atom. The van der Waals surface area contributed by atoms with Crippen molar-refractivity contribution in [2.75, 3.05) is 39.9 Å². The predicted octanol–water partition coefficient (Wildman–Crippen LogP) is 1.72. The minimum atomic E-state index is 0.706. The third kappa shape index (κ3) is 5.28. The number of hydrogen-bond acceptors (Lipinski definition) is 3. The number of nitrogens with two attached hydrogens (primary N) is 1. The van der Waals surface area contributed by atoms with E-state index in [4.69, 9.17) is 10.5 Å². The van der Waals surface area contributed by atoms with Gasteiger partial charge in [0.05, 0.1) is 0 Å². The second-order valence-electron chi connectivity index (χ2n) is 5.12. The third-order valence-electron chi connectivity index (χ3n) is 3.74. The molecule has 16 heavy (non-hydrogen) atoms. The average Bonchev–Trinajstić information content (AvgIpc) is 2.31. The quantitative estimate of drug-likeness (QED) is 0.721. The highest BCUT2D eigenvalue weighted by Crippen LogP contribution is 2.16. The molecular formula is C13H28N2O. The molecule has 1 fully saturated rings. The summed E-state index contributed by atoms with van der Waals surface area (Å²) in [4.78, 5) is 2.47. The summed E-state index contributed by atoms with van der Waals surface area (Å²) in [6, 6.07) is 0. The van der Waals surface area contributed by atoms with Crippen LogP contribution in [-0.4, -0.2) is 44.8 Å². The second-order valence-corrected chi connectivity index (χ2v) is 5.12. The SMILES string of the molecule is CCC(CN)CCN(C)CC1CCOCC1. The zero-order chi connectivity index (χ0) is 11.8. The fourth-order valence-corrected chi connectivity index (χ4v) is 2.35. The molecular weight excluding hydrogens is 200 g/mol. The smallest absolute Gasteiger partial charge is 0.0469 e. The van der Waals surface area contributed by atoms with Gasteiger partial charge < -0.3 is 15.4 Å². The van der Waals surface area contributed by atoms with Gasteiger partial charge in [-0.25, -0.2) is 0 Å². The second kappa shape index (κ2) is 8.04. The van der Waals surface area contributed by atoms with Crippen molar-refractivity contribution in [2.24, 2.45) is 17.6 Å². The first-order valence-corrected chi connectivity index (χ1v) is 6.72. The summed E-state index contributed by atoms with van der Waals surface area (Å²) in [6.07, 6.45) is 4.92. The molecule has 1 atom stereocenters. The van der Waals surface area contributed by atoms with Crippen LogP contribution in [0.25, 0.3) is 0 Å². The van der Waals surface area contributed by atoms with Gasteiger partial charge in [0.25, 0.3) is 0 Å². The van der Waals surface area contributed by atoms with Crippen LogP contribution in [0.15, 0.2) is 0 Å². The normalized spacial score (nSPS) is 20.2. The summed E-state index contributed by atoms with van der Waals surface area (Å²) >= 11 is 0. The lowest BCUT2D eigenvalue weighted by atomic mass is 9.99. The molecule has 1 unspecified atom stereocenters. The monoisotopic (exact) mass is 228 g/mol. The van der Waals surface area contributed by atoms with E-state index in [0.717, 1.165) is 25.7 Å². The van der Waals surface area contributed by atoms with Crippen molar-refractivity contribution in [1.29, 1.82) is 0 Å². The van der Waals surface area contributed by atoms with Gasteiger partial charge in [-0.3, -0.25) is 0 Å².